The van der Waals surface area contributed by atoms with Crippen molar-refractivity contribution in [2.24, 2.45) is 0 Å². The molecule has 4 aliphatic rings. The maximum absolute atomic E-state index is 12.9. The van der Waals surface area contributed by atoms with E-state index < -0.39 is 231 Å². The second-order valence-corrected chi connectivity index (χ2v) is 23.9. The van der Waals surface area contributed by atoms with Crippen molar-refractivity contribution in [2.45, 2.75) is 218 Å². The molecule has 36 nitrogen and oxygen atoms in total. The molecular weight excluding hydrogens is 1360 g/mol. The van der Waals surface area contributed by atoms with Gasteiger partial charge >= 0.3 is 83.6 Å². The normalized spacial score (nSPS) is 29.5. The van der Waals surface area contributed by atoms with E-state index in [1.54, 1.807) is 0 Å². The van der Waals surface area contributed by atoms with E-state index in [4.69, 9.17) is 104 Å². The molecule has 38 heteroatoms. The lowest BCUT2D eigenvalue weighted by Gasteiger charge is -2.48. The largest absolute Gasteiger partial charge is 0.463 e. The van der Waals surface area contributed by atoms with Crippen molar-refractivity contribution in [3.8, 4) is 11.8 Å². The third-order valence-corrected chi connectivity index (χ3v) is 15.5. The molecule has 4 aliphatic heterocycles. The number of hydrogen-bond donors (Lipinski definition) is 0. The van der Waals surface area contributed by atoms with Crippen LogP contribution in [-0.2, 0) is 171 Å². The highest BCUT2D eigenvalue weighted by Gasteiger charge is 2.60. The van der Waals surface area contributed by atoms with Crippen molar-refractivity contribution in [3.63, 3.8) is 0 Å². The molecule has 0 saturated carbocycles. The molecule has 20 atom stereocenters. The lowest BCUT2D eigenvalue weighted by atomic mass is 9.96. The number of hydrogen-bond acceptors (Lipinski definition) is 38. The highest BCUT2D eigenvalue weighted by molar-refractivity contribution is 8.00. The Morgan fingerprint density at radius 2 is 0.500 bits per heavy atom. The maximum atomic E-state index is 12.9. The monoisotopic (exact) mass is 1440 g/mol. The van der Waals surface area contributed by atoms with E-state index >= 15 is 0 Å². The second-order valence-electron chi connectivity index (χ2n) is 21.5. The van der Waals surface area contributed by atoms with Crippen LogP contribution in [0, 0.1) is 11.8 Å². The van der Waals surface area contributed by atoms with Gasteiger partial charge in [0.2, 0.25) is 0 Å². The Morgan fingerprint density at radius 3 is 0.755 bits per heavy atom. The summed E-state index contributed by atoms with van der Waals surface area (Å²) in [6.45, 7) is 11.8. The Balaban J connectivity index is 1.49. The van der Waals surface area contributed by atoms with Gasteiger partial charge in [0.15, 0.2) is 73.6 Å². The molecule has 0 aromatic rings. The molecule has 4 fully saturated rings. The van der Waals surface area contributed by atoms with Crippen LogP contribution in [0.1, 0.15) is 96.9 Å². The summed E-state index contributed by atoms with van der Waals surface area (Å²) in [5, 5.41) is 0. The van der Waals surface area contributed by atoms with Crippen LogP contribution < -0.4 is 0 Å². The molecule has 0 aliphatic carbocycles. The third-order valence-electron chi connectivity index (χ3n) is 13.3. The maximum Gasteiger partial charge on any atom is 0.303 e. The van der Waals surface area contributed by atoms with Crippen molar-refractivity contribution in [1.82, 2.24) is 0 Å². The predicted octanol–water partition coefficient (Wildman–Crippen LogP) is -0.271. The molecule has 0 bridgehead atoms. The van der Waals surface area contributed by atoms with E-state index in [9.17, 15) is 67.1 Å². The Morgan fingerprint density at radius 1 is 0.276 bits per heavy atom. The van der Waals surface area contributed by atoms with Gasteiger partial charge in [-0.15, -0.1) is 23.5 Å². The first-order chi connectivity index (χ1) is 46.1. The molecule has 0 radical (unpaired) electrons. The molecule has 4 rings (SSSR count). The van der Waals surface area contributed by atoms with Crippen LogP contribution in [0.25, 0.3) is 0 Å². The number of rotatable bonds is 32. The van der Waals surface area contributed by atoms with Gasteiger partial charge in [-0.1, -0.05) is 11.8 Å². The molecule has 0 unspecified atom stereocenters. The fourth-order valence-corrected chi connectivity index (χ4v) is 12.1. The van der Waals surface area contributed by atoms with Crippen LogP contribution in [0.5, 0.6) is 0 Å². The SMILES string of the molecule is CC(=O)OC[C@H]1O[C@@H](O[C@H]2[C@H](OC(C)=O)[C@@H](OC(C)=O)[C@H](SCCOCC#CCOCCS[C@@H]3O[C@H](COC(C)=O)[C@@H](O[C@@H]4O[C@H](COC(C)=O)[C@H](OC(C)=O)[C@H](OC(C)=O)[C@H]4OC(C)=O)[C@H](OC(C)=O)[C@H]3OC(C)=O)O[C@@H]2COC(C)=O)[C@H](OC(C)=O)[C@@H](OC(C)=O)[C@H]1OC(C)=O. The van der Waals surface area contributed by atoms with Gasteiger partial charge in [0.1, 0.15) is 87.1 Å². The van der Waals surface area contributed by atoms with Gasteiger partial charge in [-0.05, 0) is 0 Å². The van der Waals surface area contributed by atoms with Crippen molar-refractivity contribution in [2.75, 3.05) is 64.4 Å². The Hall–Kier alpha value is -7.48. The zero-order valence-corrected chi connectivity index (χ0v) is 57.8. The lowest BCUT2D eigenvalue weighted by molar-refractivity contribution is -0.341. The smallest absolute Gasteiger partial charge is 0.303 e. The van der Waals surface area contributed by atoms with E-state index in [0.29, 0.717) is 0 Å². The van der Waals surface area contributed by atoms with Crippen LogP contribution >= 0.6 is 23.5 Å². The Labute approximate surface area is 570 Å². The molecule has 0 amide bonds. The summed E-state index contributed by atoms with van der Waals surface area (Å²) in [6, 6.07) is 0. The van der Waals surface area contributed by atoms with Crippen molar-refractivity contribution in [1.29, 1.82) is 0 Å². The number of ether oxygens (including phenoxy) is 22. The minimum absolute atomic E-state index is 0.0208. The molecule has 0 spiro atoms. The van der Waals surface area contributed by atoms with Crippen LogP contribution in [0.15, 0.2) is 0 Å². The van der Waals surface area contributed by atoms with Gasteiger partial charge in [0, 0.05) is 108 Å². The van der Waals surface area contributed by atoms with Crippen LogP contribution in [0.3, 0.4) is 0 Å². The zero-order chi connectivity index (χ0) is 73.1. The summed E-state index contributed by atoms with van der Waals surface area (Å²) in [5.41, 5.74) is -2.44. The first-order valence-corrected chi connectivity index (χ1v) is 32.3. The van der Waals surface area contributed by atoms with Crippen LogP contribution in [0.2, 0.25) is 0 Å². The quantitative estimate of drug-likeness (QED) is 0.0362. The number of esters is 14. The van der Waals surface area contributed by atoms with Crippen LogP contribution in [-0.4, -0.2) is 269 Å². The molecule has 0 N–H and O–H groups in total. The van der Waals surface area contributed by atoms with E-state index in [1.807, 2.05) is 0 Å². The van der Waals surface area contributed by atoms with Gasteiger partial charge in [-0.2, -0.15) is 0 Å². The summed E-state index contributed by atoms with van der Waals surface area (Å²) in [5.74, 6) is -6.65. The van der Waals surface area contributed by atoms with E-state index in [-0.39, 0.29) is 37.9 Å². The van der Waals surface area contributed by atoms with Crippen molar-refractivity contribution < 1.29 is 171 Å². The molecule has 4 heterocycles. The first kappa shape index (κ1) is 82.9. The minimum Gasteiger partial charge on any atom is -0.463 e. The first-order valence-electron chi connectivity index (χ1n) is 30.2. The standard InChI is InChI=1S/C60H82O36S2/c1-27(61)77-23-41-45(81-31(5)65)49(83-33(7)67)53(87-37(11)71)57(91-41)95-47-43(25-79-29(3)63)93-59(55(89-39(13)73)51(47)85-35(9)69)97-21-19-75-17-15-16-18-76-20-22-98-60-56(90-40(14)74)52(86-36(10)70)48(44(94-60)26-80-30(4)64)96-58-54(88-38(12)72)50(84-34(8)68)46(82-32(6)66)42(92-58)24-78-28(2)62/h41-60H,17-26H2,1-14H3/t41-,42-,43-,44-,45+,46+,47-,48-,49+,50+,51+,52+,53-,54-,55-,56-,57+,58+,59+,60+/m1/s1. The van der Waals surface area contributed by atoms with Gasteiger partial charge in [-0.3, -0.25) is 67.1 Å². The van der Waals surface area contributed by atoms with Crippen LogP contribution in [0.4, 0.5) is 0 Å². The minimum atomic E-state index is -1.87. The molecule has 4 saturated heterocycles. The summed E-state index contributed by atoms with van der Waals surface area (Å²) in [6.07, 6.45) is -29.2. The van der Waals surface area contributed by atoms with Gasteiger partial charge in [-0.25, -0.2) is 0 Å². The van der Waals surface area contributed by atoms with Crippen molar-refractivity contribution >= 4 is 107 Å². The van der Waals surface area contributed by atoms with Crippen molar-refractivity contribution in [3.05, 3.63) is 0 Å². The summed E-state index contributed by atoms with van der Waals surface area (Å²) < 4.78 is 126. The van der Waals surface area contributed by atoms with E-state index in [1.165, 1.54) is 0 Å². The van der Waals surface area contributed by atoms with Gasteiger partial charge in [0.25, 0.3) is 0 Å². The average Bonchev–Trinajstić information content (AvgIpc) is 0.779. The van der Waals surface area contributed by atoms with Gasteiger partial charge < -0.3 is 104 Å². The highest BCUT2D eigenvalue weighted by atomic mass is 32.2. The zero-order valence-electron chi connectivity index (χ0n) is 56.1. The lowest BCUT2D eigenvalue weighted by Crippen LogP contribution is -2.66. The Kier molecular flexibility index (Phi) is 34.8. The number of carbonyl (C=O) groups excluding carboxylic acids is 14. The second kappa shape index (κ2) is 41.2. The van der Waals surface area contributed by atoms with E-state index in [0.717, 1.165) is 120 Å². The molecule has 98 heavy (non-hydrogen) atoms. The van der Waals surface area contributed by atoms with Gasteiger partial charge in [0.05, 0.1) is 13.2 Å². The Bertz CT molecular complexity index is 2670. The summed E-state index contributed by atoms with van der Waals surface area (Å²) in [7, 11) is 0. The van der Waals surface area contributed by atoms with E-state index in [2.05, 4.69) is 11.8 Å². The molecule has 0 aromatic carbocycles. The topological polar surface area (TPSA) is 442 Å². The predicted molar refractivity (Wildman–Crippen MR) is 321 cm³/mol. The average molecular weight is 1440 g/mol. The third kappa shape index (κ3) is 28.0. The number of thioether (sulfide) groups is 2. The molecule has 550 valence electrons. The molecular formula is C60H82O36S2. The number of carbonyl (C=O) groups is 14. The summed E-state index contributed by atoms with van der Waals surface area (Å²) in [4.78, 5) is 175. The fraction of sp³-hybridized carbons (Fsp3) is 0.733. The summed E-state index contributed by atoms with van der Waals surface area (Å²) >= 11 is 2.03. The molecule has 0 aromatic heterocycles. The fourth-order valence-electron chi connectivity index (χ4n) is 10.0. The highest BCUT2D eigenvalue weighted by Crippen LogP contribution is 2.40.